The van der Waals surface area contributed by atoms with E-state index in [1.165, 1.54) is 11.8 Å². The molecule has 1 aliphatic rings. The third kappa shape index (κ3) is 5.35. The van der Waals surface area contributed by atoms with Crippen molar-refractivity contribution < 1.29 is 24.2 Å². The van der Waals surface area contributed by atoms with Gasteiger partial charge in [0.2, 0.25) is 5.91 Å². The summed E-state index contributed by atoms with van der Waals surface area (Å²) in [4.78, 5) is 38.5. The molecule has 3 rings (SSSR count). The summed E-state index contributed by atoms with van der Waals surface area (Å²) < 4.78 is 5.59. The zero-order valence-corrected chi connectivity index (χ0v) is 19.6. The van der Waals surface area contributed by atoms with Crippen molar-refractivity contribution in [3.63, 3.8) is 0 Å². The number of ether oxygens (including phenoxy) is 1. The average molecular weight is 453 g/mol. The van der Waals surface area contributed by atoms with Crippen molar-refractivity contribution in [2.45, 2.75) is 52.1 Å². The Labute approximate surface area is 194 Å². The molecule has 0 bridgehead atoms. The molecule has 0 saturated carbocycles. The molecule has 0 fully saturated rings. The molecule has 2 N–H and O–H groups in total. The molecule has 2 amide bonds. The lowest BCUT2D eigenvalue weighted by atomic mass is 9.98. The Morgan fingerprint density at radius 3 is 2.03 bits per heavy atom. The standard InChI is InChI=1S/C26H32N2O5/c1-5-28(17(4)25(30)31)24(29)23(14-16(2)3)27-26(32)33-15-22-20-12-8-6-10-18(20)19-11-7-9-13-21(19)22/h6-13,16-17,22-23H,5,14-15H2,1-4H3,(H,27,32)(H,30,31). The van der Waals surface area contributed by atoms with Crippen LogP contribution in [0.25, 0.3) is 11.1 Å². The fraction of sp³-hybridized carbons (Fsp3) is 0.423. The summed E-state index contributed by atoms with van der Waals surface area (Å²) in [6.45, 7) is 7.44. The molecule has 1 aliphatic carbocycles. The maximum absolute atomic E-state index is 13.1. The number of carboxylic acid groups (broad SMARTS) is 1. The number of hydrogen-bond donors (Lipinski definition) is 2. The van der Waals surface area contributed by atoms with Gasteiger partial charge in [-0.2, -0.15) is 0 Å². The van der Waals surface area contributed by atoms with Crippen LogP contribution in [-0.4, -0.2) is 53.2 Å². The maximum Gasteiger partial charge on any atom is 0.407 e. The van der Waals surface area contributed by atoms with Crippen LogP contribution in [-0.2, 0) is 14.3 Å². The van der Waals surface area contributed by atoms with Crippen molar-refractivity contribution in [2.75, 3.05) is 13.2 Å². The van der Waals surface area contributed by atoms with Crippen LogP contribution in [0.5, 0.6) is 0 Å². The van der Waals surface area contributed by atoms with E-state index >= 15 is 0 Å². The first kappa shape index (κ1) is 24.3. The second kappa shape index (κ2) is 10.5. The monoisotopic (exact) mass is 452 g/mol. The van der Waals surface area contributed by atoms with Crippen molar-refractivity contribution in [1.29, 1.82) is 0 Å². The van der Waals surface area contributed by atoms with E-state index in [2.05, 4.69) is 17.4 Å². The second-order valence-corrected chi connectivity index (χ2v) is 8.79. The molecule has 7 nitrogen and oxygen atoms in total. The van der Waals surface area contributed by atoms with Gasteiger partial charge in [0.25, 0.3) is 0 Å². The van der Waals surface area contributed by atoms with Gasteiger partial charge in [0.05, 0.1) is 0 Å². The summed E-state index contributed by atoms with van der Waals surface area (Å²) in [7, 11) is 0. The van der Waals surface area contributed by atoms with Crippen LogP contribution in [0.3, 0.4) is 0 Å². The number of hydrogen-bond acceptors (Lipinski definition) is 4. The average Bonchev–Trinajstić information content (AvgIpc) is 3.11. The number of carbonyl (C=O) groups is 3. The minimum absolute atomic E-state index is 0.0819. The number of carboxylic acids is 1. The normalized spacial score (nSPS) is 14.2. The van der Waals surface area contributed by atoms with Gasteiger partial charge >= 0.3 is 12.1 Å². The Hall–Kier alpha value is -3.35. The molecule has 33 heavy (non-hydrogen) atoms. The minimum Gasteiger partial charge on any atom is -0.480 e. The fourth-order valence-corrected chi connectivity index (χ4v) is 4.43. The van der Waals surface area contributed by atoms with Crippen molar-refractivity contribution in [3.8, 4) is 11.1 Å². The molecular weight excluding hydrogens is 420 g/mol. The van der Waals surface area contributed by atoms with Crippen LogP contribution < -0.4 is 5.32 Å². The highest BCUT2D eigenvalue weighted by atomic mass is 16.5. The Balaban J connectivity index is 1.71. The number of likely N-dealkylation sites (N-methyl/N-ethyl adjacent to an activating group) is 1. The quantitative estimate of drug-likeness (QED) is 0.593. The van der Waals surface area contributed by atoms with E-state index in [4.69, 9.17) is 4.74 Å². The van der Waals surface area contributed by atoms with E-state index in [-0.39, 0.29) is 25.0 Å². The van der Waals surface area contributed by atoms with Crippen LogP contribution in [0.1, 0.15) is 51.2 Å². The van der Waals surface area contributed by atoms with Crippen LogP contribution in [0.2, 0.25) is 0 Å². The molecule has 7 heteroatoms. The van der Waals surface area contributed by atoms with Crippen molar-refractivity contribution in [2.24, 2.45) is 5.92 Å². The zero-order chi connectivity index (χ0) is 24.1. The van der Waals surface area contributed by atoms with Crippen LogP contribution in [0.4, 0.5) is 4.79 Å². The fourth-order valence-electron chi connectivity index (χ4n) is 4.43. The van der Waals surface area contributed by atoms with E-state index in [0.717, 1.165) is 22.3 Å². The highest BCUT2D eigenvalue weighted by Crippen LogP contribution is 2.44. The number of amides is 2. The number of alkyl carbamates (subject to hydrolysis) is 1. The second-order valence-electron chi connectivity index (χ2n) is 8.79. The smallest absolute Gasteiger partial charge is 0.407 e. The molecule has 176 valence electrons. The Morgan fingerprint density at radius 2 is 1.55 bits per heavy atom. The topological polar surface area (TPSA) is 95.9 Å². The first-order valence-electron chi connectivity index (χ1n) is 11.4. The Bertz CT molecular complexity index is 974. The van der Waals surface area contributed by atoms with Crippen LogP contribution in [0.15, 0.2) is 48.5 Å². The Kier molecular flexibility index (Phi) is 7.74. The molecule has 2 aromatic rings. The highest BCUT2D eigenvalue weighted by Gasteiger charge is 2.33. The number of nitrogens with zero attached hydrogens (tertiary/aromatic N) is 1. The van der Waals surface area contributed by atoms with Crippen LogP contribution >= 0.6 is 0 Å². The summed E-state index contributed by atoms with van der Waals surface area (Å²) in [5, 5.41) is 12.0. The first-order chi connectivity index (χ1) is 15.7. The van der Waals surface area contributed by atoms with Gasteiger partial charge in [-0.1, -0.05) is 62.4 Å². The van der Waals surface area contributed by atoms with Crippen molar-refractivity contribution in [3.05, 3.63) is 59.7 Å². The van der Waals surface area contributed by atoms with Gasteiger partial charge in [-0.05, 0) is 48.4 Å². The molecule has 0 radical (unpaired) electrons. The molecule has 0 heterocycles. The molecule has 0 spiro atoms. The Morgan fingerprint density at radius 1 is 1.00 bits per heavy atom. The lowest BCUT2D eigenvalue weighted by Gasteiger charge is -2.30. The zero-order valence-electron chi connectivity index (χ0n) is 19.6. The van der Waals surface area contributed by atoms with E-state index < -0.39 is 30.1 Å². The molecule has 2 unspecified atom stereocenters. The number of aliphatic carboxylic acids is 1. The summed E-state index contributed by atoms with van der Waals surface area (Å²) in [5.41, 5.74) is 4.48. The molecule has 0 aromatic heterocycles. The van der Waals surface area contributed by atoms with E-state index in [9.17, 15) is 19.5 Å². The molecule has 2 atom stereocenters. The van der Waals surface area contributed by atoms with E-state index in [0.29, 0.717) is 6.42 Å². The van der Waals surface area contributed by atoms with Gasteiger partial charge < -0.3 is 20.1 Å². The van der Waals surface area contributed by atoms with Gasteiger partial charge in [0.15, 0.2) is 0 Å². The molecular formula is C26H32N2O5. The summed E-state index contributed by atoms with van der Waals surface area (Å²) >= 11 is 0. The summed E-state index contributed by atoms with van der Waals surface area (Å²) in [6, 6.07) is 14.3. The summed E-state index contributed by atoms with van der Waals surface area (Å²) in [6.07, 6.45) is -0.304. The number of fused-ring (bicyclic) bond motifs is 3. The maximum atomic E-state index is 13.1. The molecule has 0 saturated heterocycles. The highest BCUT2D eigenvalue weighted by molar-refractivity contribution is 5.89. The third-order valence-electron chi connectivity index (χ3n) is 6.09. The minimum atomic E-state index is -1.09. The van der Waals surface area contributed by atoms with E-state index in [1.54, 1.807) is 6.92 Å². The third-order valence-corrected chi connectivity index (χ3v) is 6.09. The predicted octanol–water partition coefficient (Wildman–Crippen LogP) is 4.26. The summed E-state index contributed by atoms with van der Waals surface area (Å²) in [5.74, 6) is -1.47. The van der Waals surface area contributed by atoms with E-state index in [1.807, 2.05) is 50.2 Å². The van der Waals surface area contributed by atoms with Gasteiger partial charge in [0, 0.05) is 12.5 Å². The number of benzene rings is 2. The van der Waals surface area contributed by atoms with Gasteiger partial charge in [0.1, 0.15) is 18.7 Å². The van der Waals surface area contributed by atoms with Gasteiger partial charge in [-0.15, -0.1) is 0 Å². The molecule has 0 aliphatic heterocycles. The number of carbonyl (C=O) groups excluding carboxylic acids is 2. The molecule has 2 aromatic carbocycles. The van der Waals surface area contributed by atoms with Crippen molar-refractivity contribution in [1.82, 2.24) is 10.2 Å². The number of nitrogens with one attached hydrogen (secondary N) is 1. The van der Waals surface area contributed by atoms with Crippen LogP contribution in [0, 0.1) is 5.92 Å². The predicted molar refractivity (Wildman–Crippen MR) is 126 cm³/mol. The van der Waals surface area contributed by atoms with Crippen molar-refractivity contribution >= 4 is 18.0 Å². The number of rotatable bonds is 9. The van der Waals surface area contributed by atoms with Gasteiger partial charge in [-0.3, -0.25) is 4.79 Å². The lowest BCUT2D eigenvalue weighted by Crippen LogP contribution is -2.53. The lowest BCUT2D eigenvalue weighted by molar-refractivity contribution is -0.150. The van der Waals surface area contributed by atoms with Gasteiger partial charge in [-0.25, -0.2) is 9.59 Å². The first-order valence-corrected chi connectivity index (χ1v) is 11.4. The largest absolute Gasteiger partial charge is 0.480 e. The SMILES string of the molecule is CCN(C(=O)C(CC(C)C)NC(=O)OCC1c2ccccc2-c2ccccc21)C(C)C(=O)O.